The molecule has 0 aromatic carbocycles. The Morgan fingerprint density at radius 3 is 2.88 bits per heavy atom. The average Bonchev–Trinajstić information content (AvgIpc) is 3.29. The van der Waals surface area contributed by atoms with Gasteiger partial charge >= 0.3 is 0 Å². The Morgan fingerprint density at radius 2 is 2.25 bits per heavy atom. The highest BCUT2D eigenvalue weighted by molar-refractivity contribution is 7.10. The van der Waals surface area contributed by atoms with Gasteiger partial charge in [0.25, 0.3) is 0 Å². The fourth-order valence-electron chi connectivity index (χ4n) is 3.11. The Labute approximate surface area is 146 Å². The number of thiophene rings is 1. The molecule has 0 unspecified atom stereocenters. The molecule has 1 amide bonds. The summed E-state index contributed by atoms with van der Waals surface area (Å²) in [6.07, 6.45) is 5.48. The molecule has 1 aliphatic heterocycles. The van der Waals surface area contributed by atoms with Crippen LogP contribution in [-0.4, -0.2) is 45.2 Å². The Balaban J connectivity index is 1.63. The highest BCUT2D eigenvalue weighted by atomic mass is 32.1. The number of amides is 1. The first-order valence-electron chi connectivity index (χ1n) is 8.54. The summed E-state index contributed by atoms with van der Waals surface area (Å²) in [5.41, 5.74) is 0. The summed E-state index contributed by atoms with van der Waals surface area (Å²) in [5, 5.41) is 9.26. The topological polar surface area (TPSA) is 63.1 Å². The van der Waals surface area contributed by atoms with Crippen LogP contribution < -0.4 is 5.32 Å². The van der Waals surface area contributed by atoms with E-state index in [1.165, 1.54) is 24.0 Å². The zero-order valence-corrected chi connectivity index (χ0v) is 15.1. The van der Waals surface area contributed by atoms with E-state index < -0.39 is 0 Å². The largest absolute Gasteiger partial charge is 0.352 e. The van der Waals surface area contributed by atoms with Crippen LogP contribution in [0, 0.1) is 5.92 Å². The minimum absolute atomic E-state index is 0.0209. The lowest BCUT2D eigenvalue weighted by molar-refractivity contribution is -0.124. The first kappa shape index (κ1) is 17.1. The molecule has 2 atom stereocenters. The van der Waals surface area contributed by atoms with Crippen molar-refractivity contribution in [2.24, 2.45) is 5.92 Å². The number of nitrogens with zero attached hydrogens (tertiary/aromatic N) is 4. The second-order valence-corrected chi connectivity index (χ2v) is 7.53. The molecule has 1 aliphatic rings. The van der Waals surface area contributed by atoms with E-state index in [-0.39, 0.29) is 18.0 Å². The van der Waals surface area contributed by atoms with Gasteiger partial charge in [0.1, 0.15) is 18.7 Å². The highest BCUT2D eigenvalue weighted by Crippen LogP contribution is 2.29. The summed E-state index contributed by atoms with van der Waals surface area (Å²) in [7, 11) is 0. The van der Waals surface area contributed by atoms with Crippen LogP contribution in [0.2, 0.25) is 0 Å². The maximum absolute atomic E-state index is 12.4. The molecule has 2 aromatic rings. The van der Waals surface area contributed by atoms with Gasteiger partial charge in [-0.05, 0) is 50.2 Å². The van der Waals surface area contributed by atoms with E-state index in [1.54, 1.807) is 22.3 Å². The predicted octanol–water partition coefficient (Wildman–Crippen LogP) is 2.49. The fourth-order valence-corrected chi connectivity index (χ4v) is 3.97. The number of likely N-dealkylation sites (tertiary alicyclic amines) is 1. The molecule has 1 fully saturated rings. The summed E-state index contributed by atoms with van der Waals surface area (Å²) in [6.45, 7) is 6.98. The number of nitrogens with one attached hydrogen (secondary N) is 1. The van der Waals surface area contributed by atoms with Crippen molar-refractivity contribution in [3.63, 3.8) is 0 Å². The summed E-state index contributed by atoms with van der Waals surface area (Å²) < 4.78 is 1.58. The highest BCUT2D eigenvalue weighted by Gasteiger charge is 2.26. The van der Waals surface area contributed by atoms with Crippen LogP contribution in [0.25, 0.3) is 0 Å². The van der Waals surface area contributed by atoms with Gasteiger partial charge in [-0.3, -0.25) is 9.69 Å². The van der Waals surface area contributed by atoms with Crippen molar-refractivity contribution in [2.75, 3.05) is 19.6 Å². The molecule has 3 rings (SSSR count). The van der Waals surface area contributed by atoms with E-state index in [1.807, 2.05) is 6.92 Å². The fraction of sp³-hybridized carbons (Fsp3) is 0.588. The zero-order chi connectivity index (χ0) is 16.9. The molecule has 1 saturated heterocycles. The van der Waals surface area contributed by atoms with Gasteiger partial charge in [0, 0.05) is 11.4 Å². The second kappa shape index (κ2) is 7.90. The van der Waals surface area contributed by atoms with E-state index in [9.17, 15) is 4.79 Å². The van der Waals surface area contributed by atoms with Crippen molar-refractivity contribution < 1.29 is 4.79 Å². The van der Waals surface area contributed by atoms with Gasteiger partial charge in [-0.15, -0.1) is 11.3 Å². The van der Waals surface area contributed by atoms with Gasteiger partial charge in [-0.2, -0.15) is 5.10 Å². The van der Waals surface area contributed by atoms with E-state index in [2.05, 4.69) is 44.7 Å². The van der Waals surface area contributed by atoms with E-state index in [4.69, 9.17) is 0 Å². The van der Waals surface area contributed by atoms with Gasteiger partial charge in [0.2, 0.25) is 5.91 Å². The molecular formula is C17H25N5OS. The minimum atomic E-state index is -0.349. The number of carbonyl (C=O) groups excluding carboxylic acids is 1. The van der Waals surface area contributed by atoms with Crippen molar-refractivity contribution >= 4 is 17.2 Å². The van der Waals surface area contributed by atoms with Crippen LogP contribution in [-0.2, 0) is 4.79 Å². The third kappa shape index (κ3) is 4.02. The summed E-state index contributed by atoms with van der Waals surface area (Å²) in [4.78, 5) is 20.2. The van der Waals surface area contributed by atoms with Crippen LogP contribution in [0.1, 0.15) is 43.6 Å². The van der Waals surface area contributed by atoms with E-state index in [0.29, 0.717) is 6.54 Å². The molecule has 3 heterocycles. The molecule has 1 N–H and O–H groups in total. The molecule has 0 aliphatic carbocycles. The number of piperidine rings is 1. The summed E-state index contributed by atoms with van der Waals surface area (Å²) >= 11 is 1.76. The molecule has 24 heavy (non-hydrogen) atoms. The number of carbonyl (C=O) groups is 1. The van der Waals surface area contributed by atoms with Crippen LogP contribution in [0.15, 0.2) is 30.2 Å². The Kier molecular flexibility index (Phi) is 5.63. The number of hydrogen-bond acceptors (Lipinski definition) is 5. The molecular weight excluding hydrogens is 322 g/mol. The maximum atomic E-state index is 12.4. The smallest absolute Gasteiger partial charge is 0.244 e. The van der Waals surface area contributed by atoms with E-state index >= 15 is 0 Å². The normalized spacial score (nSPS) is 19.1. The lowest BCUT2D eigenvalue weighted by atomic mass is 9.97. The monoisotopic (exact) mass is 347 g/mol. The second-order valence-electron chi connectivity index (χ2n) is 6.55. The Hall–Kier alpha value is -1.73. The molecule has 0 bridgehead atoms. The Bertz CT molecular complexity index is 619. The predicted molar refractivity (Wildman–Crippen MR) is 94.8 cm³/mol. The lowest BCUT2D eigenvalue weighted by Gasteiger charge is -2.36. The third-order valence-electron chi connectivity index (χ3n) is 4.81. The van der Waals surface area contributed by atoms with Crippen LogP contribution in [0.3, 0.4) is 0 Å². The van der Waals surface area contributed by atoms with Crippen molar-refractivity contribution in [1.82, 2.24) is 25.0 Å². The van der Waals surface area contributed by atoms with Crippen molar-refractivity contribution in [2.45, 2.75) is 38.8 Å². The van der Waals surface area contributed by atoms with Crippen molar-refractivity contribution in [1.29, 1.82) is 0 Å². The van der Waals surface area contributed by atoms with Gasteiger partial charge in [0.15, 0.2) is 0 Å². The molecule has 0 saturated carbocycles. The maximum Gasteiger partial charge on any atom is 0.244 e. The standard InChI is InChI=1S/C17H25N5OS/c1-13-5-7-21(8-6-13)15(16-4-3-9-24-16)10-19-17(23)14(2)22-12-18-11-20-22/h3-4,9,11-15H,5-8,10H2,1-2H3,(H,19,23)/t14-,15-/m0/s1. The lowest BCUT2D eigenvalue weighted by Crippen LogP contribution is -2.42. The van der Waals surface area contributed by atoms with E-state index in [0.717, 1.165) is 19.0 Å². The molecule has 0 radical (unpaired) electrons. The van der Waals surface area contributed by atoms with Gasteiger partial charge in [0.05, 0.1) is 6.04 Å². The summed E-state index contributed by atoms with van der Waals surface area (Å²) in [5.74, 6) is 0.777. The quantitative estimate of drug-likeness (QED) is 0.872. The van der Waals surface area contributed by atoms with Gasteiger partial charge < -0.3 is 5.32 Å². The first-order valence-corrected chi connectivity index (χ1v) is 9.42. The van der Waals surface area contributed by atoms with Gasteiger partial charge in [-0.25, -0.2) is 9.67 Å². The SMILES string of the molecule is CC1CCN([C@@H](CNC(=O)[C@H](C)n2cncn2)c2cccs2)CC1. The number of hydrogen-bond donors (Lipinski definition) is 1. The molecule has 130 valence electrons. The van der Waals surface area contributed by atoms with Gasteiger partial charge in [-0.1, -0.05) is 13.0 Å². The number of aromatic nitrogens is 3. The van der Waals surface area contributed by atoms with Crippen molar-refractivity contribution in [3.8, 4) is 0 Å². The van der Waals surface area contributed by atoms with Crippen molar-refractivity contribution in [3.05, 3.63) is 35.0 Å². The summed E-state index contributed by atoms with van der Waals surface area (Å²) in [6, 6.07) is 4.15. The first-order chi connectivity index (χ1) is 11.6. The minimum Gasteiger partial charge on any atom is -0.352 e. The average molecular weight is 347 g/mol. The van der Waals surface area contributed by atoms with Crippen LogP contribution in [0.5, 0.6) is 0 Å². The zero-order valence-electron chi connectivity index (χ0n) is 14.3. The Morgan fingerprint density at radius 1 is 1.46 bits per heavy atom. The van der Waals surface area contributed by atoms with Crippen LogP contribution in [0.4, 0.5) is 0 Å². The molecule has 6 nitrogen and oxygen atoms in total. The van der Waals surface area contributed by atoms with Crippen LogP contribution >= 0.6 is 11.3 Å². The third-order valence-corrected chi connectivity index (χ3v) is 5.79. The molecule has 7 heteroatoms. The molecule has 2 aromatic heterocycles. The number of rotatable bonds is 6. The molecule has 0 spiro atoms.